The van der Waals surface area contributed by atoms with Crippen molar-refractivity contribution in [3.63, 3.8) is 0 Å². The normalized spacial score (nSPS) is 26.4. The molecule has 1 fully saturated rings. The summed E-state index contributed by atoms with van der Waals surface area (Å²) in [5.41, 5.74) is 1.51. The number of azo groups is 1. The van der Waals surface area contributed by atoms with Crippen LogP contribution in [0.1, 0.15) is 30.9 Å². The second kappa shape index (κ2) is 10.1. The molecule has 0 radical (unpaired) electrons. The lowest BCUT2D eigenvalue weighted by molar-refractivity contribution is -0.384. The number of phenols is 1. The van der Waals surface area contributed by atoms with E-state index in [9.17, 15) is 15.2 Å². The molecule has 1 saturated heterocycles. The molecule has 0 aromatic heterocycles. The van der Waals surface area contributed by atoms with Gasteiger partial charge in [-0.05, 0) is 70.1 Å². The molecule has 1 N–H and O–H groups in total. The van der Waals surface area contributed by atoms with Gasteiger partial charge in [-0.15, -0.1) is 0 Å². The molecule has 0 amide bonds. The van der Waals surface area contributed by atoms with E-state index < -0.39 is 16.4 Å². The lowest BCUT2D eigenvalue weighted by Gasteiger charge is -2.53. The van der Waals surface area contributed by atoms with Gasteiger partial charge in [-0.2, -0.15) is 10.2 Å². The van der Waals surface area contributed by atoms with Crippen molar-refractivity contribution in [2.75, 3.05) is 27.8 Å². The molecule has 1 heterocycles. The summed E-state index contributed by atoms with van der Waals surface area (Å²) < 4.78 is 11.2. The highest BCUT2D eigenvalue weighted by atomic mass is 35.5. The minimum absolute atomic E-state index is 0.0418. The number of hydrogen-bond donors (Lipinski definition) is 1. The van der Waals surface area contributed by atoms with E-state index in [-0.39, 0.29) is 28.4 Å². The third-order valence-corrected chi connectivity index (χ3v) is 8.05. The van der Waals surface area contributed by atoms with Gasteiger partial charge in [-0.1, -0.05) is 17.7 Å². The number of ether oxygens (including phenoxy) is 2. The van der Waals surface area contributed by atoms with Gasteiger partial charge >= 0.3 is 0 Å². The molecule has 4 unspecified atom stereocenters. The minimum atomic E-state index is -0.545. The Labute approximate surface area is 215 Å². The number of nitro groups is 1. The van der Waals surface area contributed by atoms with Crippen LogP contribution in [0.2, 0.25) is 5.02 Å². The van der Waals surface area contributed by atoms with E-state index >= 15 is 0 Å². The van der Waals surface area contributed by atoms with Crippen molar-refractivity contribution in [1.82, 2.24) is 4.90 Å². The number of phenolic OH excluding ortho intramolecular Hbond substituents is 1. The number of piperidine rings is 1. The number of methoxy groups -OCH3 is 2. The van der Waals surface area contributed by atoms with Gasteiger partial charge in [0.25, 0.3) is 5.69 Å². The van der Waals surface area contributed by atoms with E-state index in [4.69, 9.17) is 21.1 Å². The van der Waals surface area contributed by atoms with Crippen molar-refractivity contribution >= 4 is 23.0 Å². The van der Waals surface area contributed by atoms with Crippen LogP contribution in [0.5, 0.6) is 11.5 Å². The number of nitro benzene ring substituents is 1. The Morgan fingerprint density at radius 2 is 2.00 bits per heavy atom. The van der Waals surface area contributed by atoms with E-state index in [0.717, 1.165) is 24.1 Å². The summed E-state index contributed by atoms with van der Waals surface area (Å²) in [4.78, 5) is 13.1. The number of rotatable bonds is 6. The molecule has 4 atom stereocenters. The molecule has 10 heteroatoms. The van der Waals surface area contributed by atoms with Crippen molar-refractivity contribution in [1.29, 1.82) is 0 Å². The van der Waals surface area contributed by atoms with Crippen LogP contribution in [0.15, 0.2) is 52.4 Å². The highest BCUT2D eigenvalue weighted by molar-refractivity contribution is 6.32. The van der Waals surface area contributed by atoms with Gasteiger partial charge in [0.15, 0.2) is 11.5 Å². The SMILES string of the molecule is COC1=CC2C(C)N(C)CCC2(c2c(C)ccc(OC)c2O)CC1N=Nc1ccc(Cl)c([N+](=O)[O-])c1. The maximum absolute atomic E-state index is 11.3. The fourth-order valence-electron chi connectivity index (χ4n) is 5.75. The van der Waals surface area contributed by atoms with Crippen molar-refractivity contribution in [3.05, 3.63) is 68.4 Å². The Kier molecular flexibility index (Phi) is 7.24. The van der Waals surface area contributed by atoms with Crippen LogP contribution in [0.4, 0.5) is 11.4 Å². The molecule has 2 aromatic rings. The number of nitrogens with zero attached hydrogens (tertiary/aromatic N) is 4. The van der Waals surface area contributed by atoms with E-state index in [2.05, 4.69) is 35.2 Å². The predicted molar refractivity (Wildman–Crippen MR) is 137 cm³/mol. The topological polar surface area (TPSA) is 110 Å². The third kappa shape index (κ3) is 4.41. The second-order valence-corrected chi connectivity index (χ2v) is 9.97. The van der Waals surface area contributed by atoms with Crippen LogP contribution in [-0.4, -0.2) is 54.8 Å². The van der Waals surface area contributed by atoms with Crippen molar-refractivity contribution < 1.29 is 19.5 Å². The van der Waals surface area contributed by atoms with Crippen molar-refractivity contribution in [3.8, 4) is 11.5 Å². The van der Waals surface area contributed by atoms with Crippen LogP contribution >= 0.6 is 11.6 Å². The van der Waals surface area contributed by atoms with Gasteiger partial charge in [0.1, 0.15) is 16.8 Å². The summed E-state index contributed by atoms with van der Waals surface area (Å²) in [6.45, 7) is 5.03. The fraction of sp³-hybridized carbons (Fsp3) is 0.462. The summed E-state index contributed by atoms with van der Waals surface area (Å²) >= 11 is 5.95. The van der Waals surface area contributed by atoms with E-state index in [1.54, 1.807) is 26.4 Å². The largest absolute Gasteiger partial charge is 0.504 e. The maximum Gasteiger partial charge on any atom is 0.290 e. The van der Waals surface area contributed by atoms with Crippen LogP contribution in [0.25, 0.3) is 0 Å². The highest BCUT2D eigenvalue weighted by Gasteiger charge is 2.53. The van der Waals surface area contributed by atoms with Crippen LogP contribution in [-0.2, 0) is 10.2 Å². The van der Waals surface area contributed by atoms with Gasteiger partial charge in [-0.25, -0.2) is 0 Å². The molecular formula is C26H31ClN4O5. The average Bonchev–Trinajstić information content (AvgIpc) is 2.85. The van der Waals surface area contributed by atoms with Gasteiger partial charge in [-0.3, -0.25) is 10.1 Å². The summed E-state index contributed by atoms with van der Waals surface area (Å²) in [5.74, 6) is 1.32. The Morgan fingerprint density at radius 3 is 2.67 bits per heavy atom. The van der Waals surface area contributed by atoms with Crippen LogP contribution < -0.4 is 4.74 Å². The molecule has 36 heavy (non-hydrogen) atoms. The number of fused-ring (bicyclic) bond motifs is 1. The Bertz CT molecular complexity index is 1230. The Hall–Kier alpha value is -3.17. The molecule has 2 aliphatic rings. The molecule has 0 spiro atoms. The quantitative estimate of drug-likeness (QED) is 0.290. The number of halogens is 1. The standard InChI is InChI=1S/C26H31ClN4O5/c1-15-6-9-22(35-4)25(32)24(15)26-10-11-30(3)16(2)18(26)13-23(36-5)20(14-26)29-28-17-7-8-19(27)21(12-17)31(33)34/h6-9,12-13,16,18,20,32H,10-11,14H2,1-5H3. The summed E-state index contributed by atoms with van der Waals surface area (Å²) in [5, 5.41) is 31.6. The maximum atomic E-state index is 11.3. The van der Waals surface area contributed by atoms with Crippen LogP contribution in [0, 0.1) is 23.0 Å². The smallest absolute Gasteiger partial charge is 0.290 e. The lowest BCUT2D eigenvalue weighted by Crippen LogP contribution is -2.56. The predicted octanol–water partition coefficient (Wildman–Crippen LogP) is 5.94. The Balaban J connectivity index is 1.83. The zero-order valence-electron chi connectivity index (χ0n) is 21.1. The van der Waals surface area contributed by atoms with Gasteiger partial charge < -0.3 is 19.5 Å². The molecule has 9 nitrogen and oxygen atoms in total. The Morgan fingerprint density at radius 1 is 1.25 bits per heavy atom. The number of aromatic hydroxyl groups is 1. The first kappa shape index (κ1) is 25.9. The fourth-order valence-corrected chi connectivity index (χ4v) is 5.94. The first-order chi connectivity index (χ1) is 17.1. The number of aryl methyl sites for hydroxylation is 1. The molecule has 0 bridgehead atoms. The lowest BCUT2D eigenvalue weighted by atomic mass is 9.57. The number of likely N-dealkylation sites (tertiary alicyclic amines) is 1. The molecule has 192 valence electrons. The average molecular weight is 515 g/mol. The summed E-state index contributed by atoms with van der Waals surface area (Å²) in [6.07, 6.45) is 3.46. The molecule has 1 aliphatic heterocycles. The zero-order chi connectivity index (χ0) is 26.2. The van der Waals surface area contributed by atoms with Crippen molar-refractivity contribution in [2.24, 2.45) is 16.1 Å². The minimum Gasteiger partial charge on any atom is -0.504 e. The van der Waals surface area contributed by atoms with Crippen molar-refractivity contribution in [2.45, 2.75) is 44.2 Å². The van der Waals surface area contributed by atoms with Gasteiger partial charge in [0, 0.05) is 29.0 Å². The monoisotopic (exact) mass is 514 g/mol. The summed E-state index contributed by atoms with van der Waals surface area (Å²) in [6, 6.07) is 7.83. The first-order valence-electron chi connectivity index (χ1n) is 11.8. The highest BCUT2D eigenvalue weighted by Crippen LogP contribution is 2.55. The second-order valence-electron chi connectivity index (χ2n) is 9.56. The van der Waals surface area contributed by atoms with Gasteiger partial charge in [0.05, 0.1) is 24.8 Å². The molecule has 4 rings (SSSR count). The van der Waals surface area contributed by atoms with E-state index in [1.807, 2.05) is 13.0 Å². The van der Waals surface area contributed by atoms with Crippen LogP contribution in [0.3, 0.4) is 0 Å². The summed E-state index contributed by atoms with van der Waals surface area (Å²) in [7, 11) is 5.26. The molecule has 1 aliphatic carbocycles. The van der Waals surface area contributed by atoms with Gasteiger partial charge in [0.2, 0.25) is 0 Å². The zero-order valence-corrected chi connectivity index (χ0v) is 21.8. The molecular weight excluding hydrogens is 484 g/mol. The van der Waals surface area contributed by atoms with E-state index in [1.165, 1.54) is 12.1 Å². The number of benzene rings is 2. The molecule has 0 saturated carbocycles. The first-order valence-corrected chi connectivity index (χ1v) is 12.2. The third-order valence-electron chi connectivity index (χ3n) is 7.74. The molecule has 2 aromatic carbocycles. The number of hydrogen-bond acceptors (Lipinski definition) is 8. The van der Waals surface area contributed by atoms with E-state index in [0.29, 0.717) is 23.6 Å².